The van der Waals surface area contributed by atoms with Crippen LogP contribution < -0.4 is 4.72 Å². The number of carboxylic acids is 1. The third kappa shape index (κ3) is 3.88. The van der Waals surface area contributed by atoms with Crippen molar-refractivity contribution in [2.24, 2.45) is 0 Å². The number of benzene rings is 1. The van der Waals surface area contributed by atoms with E-state index in [0.717, 1.165) is 12.8 Å². The number of aliphatic carboxylic acids is 1. The summed E-state index contributed by atoms with van der Waals surface area (Å²) in [6, 6.07) is 5.56. The molecule has 0 unspecified atom stereocenters. The summed E-state index contributed by atoms with van der Waals surface area (Å²) >= 11 is 0. The molecule has 0 radical (unpaired) electrons. The monoisotopic (exact) mass is 297 g/mol. The number of carboxylic acid groups (broad SMARTS) is 1. The molecule has 0 heterocycles. The maximum Gasteiger partial charge on any atom is 0.303 e. The maximum absolute atomic E-state index is 11.9. The first kappa shape index (κ1) is 14.7. The normalized spacial score (nSPS) is 15.0. The Hall–Kier alpha value is -1.73. The van der Waals surface area contributed by atoms with E-state index in [1.165, 1.54) is 24.3 Å². The van der Waals surface area contributed by atoms with Gasteiger partial charge in [0, 0.05) is 18.0 Å². The Morgan fingerprint density at radius 3 is 2.25 bits per heavy atom. The lowest BCUT2D eigenvalue weighted by molar-refractivity contribution is -0.136. The Morgan fingerprint density at radius 2 is 1.75 bits per heavy atom. The second-order valence-corrected chi connectivity index (χ2v) is 6.45. The lowest BCUT2D eigenvalue weighted by Gasteiger charge is -2.06. The molecular weight excluding hydrogens is 282 g/mol. The number of Topliss-reactive ketones (excluding diaryl/α,β-unsaturated/α-hetero) is 1. The van der Waals surface area contributed by atoms with Gasteiger partial charge in [0.25, 0.3) is 0 Å². The molecule has 1 aromatic rings. The average Bonchev–Trinajstić information content (AvgIpc) is 3.19. The lowest BCUT2D eigenvalue weighted by atomic mass is 10.1. The molecule has 0 aromatic heterocycles. The predicted molar refractivity (Wildman–Crippen MR) is 71.0 cm³/mol. The second kappa shape index (κ2) is 5.72. The average molecular weight is 297 g/mol. The maximum atomic E-state index is 11.9. The van der Waals surface area contributed by atoms with Crippen molar-refractivity contribution in [2.75, 3.05) is 0 Å². The minimum absolute atomic E-state index is 0.0249. The minimum Gasteiger partial charge on any atom is -0.481 e. The molecule has 0 saturated heterocycles. The molecule has 0 aliphatic heterocycles. The van der Waals surface area contributed by atoms with E-state index >= 15 is 0 Å². The van der Waals surface area contributed by atoms with Gasteiger partial charge in [0.15, 0.2) is 5.78 Å². The number of carbonyl (C=O) groups is 2. The Labute approximate surface area is 116 Å². The quantitative estimate of drug-likeness (QED) is 0.736. The first-order chi connectivity index (χ1) is 9.38. The van der Waals surface area contributed by atoms with Crippen molar-refractivity contribution in [1.82, 2.24) is 4.72 Å². The van der Waals surface area contributed by atoms with Crippen LogP contribution in [0.3, 0.4) is 0 Å². The zero-order chi connectivity index (χ0) is 14.8. The smallest absolute Gasteiger partial charge is 0.303 e. The van der Waals surface area contributed by atoms with Gasteiger partial charge in [0.05, 0.1) is 11.3 Å². The molecule has 1 aliphatic rings. The fourth-order valence-electron chi connectivity index (χ4n) is 1.67. The Balaban J connectivity index is 2.05. The summed E-state index contributed by atoms with van der Waals surface area (Å²) in [5.74, 6) is -1.35. The number of hydrogen-bond donors (Lipinski definition) is 2. The summed E-state index contributed by atoms with van der Waals surface area (Å²) in [5.41, 5.74) is 0.316. The SMILES string of the molecule is O=C(O)CCC(=O)c1ccc(S(=O)(=O)NC2CC2)cc1. The minimum atomic E-state index is -3.52. The molecule has 1 saturated carbocycles. The molecule has 1 fully saturated rings. The first-order valence-electron chi connectivity index (χ1n) is 6.26. The third-order valence-electron chi connectivity index (χ3n) is 2.95. The van der Waals surface area contributed by atoms with Crippen molar-refractivity contribution in [3.63, 3.8) is 0 Å². The van der Waals surface area contributed by atoms with E-state index in [-0.39, 0.29) is 29.6 Å². The zero-order valence-electron chi connectivity index (χ0n) is 10.7. The number of rotatable bonds is 7. The van der Waals surface area contributed by atoms with Crippen LogP contribution in [0.2, 0.25) is 0 Å². The Kier molecular flexibility index (Phi) is 4.20. The van der Waals surface area contributed by atoms with E-state index in [2.05, 4.69) is 4.72 Å². The van der Waals surface area contributed by atoms with Crippen LogP contribution in [-0.2, 0) is 14.8 Å². The van der Waals surface area contributed by atoms with Crippen LogP contribution >= 0.6 is 0 Å². The van der Waals surface area contributed by atoms with Crippen LogP contribution in [0.5, 0.6) is 0 Å². The van der Waals surface area contributed by atoms with E-state index in [9.17, 15) is 18.0 Å². The molecule has 0 amide bonds. The topological polar surface area (TPSA) is 101 Å². The van der Waals surface area contributed by atoms with Gasteiger partial charge in [-0.15, -0.1) is 0 Å². The van der Waals surface area contributed by atoms with Gasteiger partial charge in [0.2, 0.25) is 10.0 Å². The fraction of sp³-hybridized carbons (Fsp3) is 0.385. The van der Waals surface area contributed by atoms with Crippen molar-refractivity contribution in [3.05, 3.63) is 29.8 Å². The summed E-state index contributed by atoms with van der Waals surface area (Å²) in [5, 5.41) is 8.51. The molecule has 0 atom stereocenters. The number of hydrogen-bond acceptors (Lipinski definition) is 4. The van der Waals surface area contributed by atoms with Crippen molar-refractivity contribution >= 4 is 21.8 Å². The molecule has 0 bridgehead atoms. The standard InChI is InChI=1S/C13H15NO5S/c15-12(7-8-13(16)17)9-1-5-11(6-2-9)20(18,19)14-10-3-4-10/h1-2,5-6,10,14H,3-4,7-8H2,(H,16,17). The number of sulfonamides is 1. The second-order valence-electron chi connectivity index (χ2n) is 4.74. The van der Waals surface area contributed by atoms with Gasteiger partial charge >= 0.3 is 5.97 Å². The summed E-state index contributed by atoms with van der Waals surface area (Å²) in [4.78, 5) is 22.2. The van der Waals surface area contributed by atoms with Gasteiger partial charge in [-0.05, 0) is 25.0 Å². The highest BCUT2D eigenvalue weighted by Gasteiger charge is 2.27. The van der Waals surface area contributed by atoms with E-state index in [1.54, 1.807) is 0 Å². The van der Waals surface area contributed by atoms with Gasteiger partial charge in [-0.3, -0.25) is 9.59 Å². The summed E-state index contributed by atoms with van der Waals surface area (Å²) in [7, 11) is -3.52. The van der Waals surface area contributed by atoms with E-state index in [0.29, 0.717) is 5.56 Å². The van der Waals surface area contributed by atoms with E-state index < -0.39 is 16.0 Å². The number of ketones is 1. The summed E-state index contributed by atoms with van der Waals surface area (Å²) in [6.45, 7) is 0. The molecule has 1 aliphatic carbocycles. The van der Waals surface area contributed by atoms with Crippen LogP contribution in [0.25, 0.3) is 0 Å². The van der Waals surface area contributed by atoms with Crippen LogP contribution in [0.15, 0.2) is 29.2 Å². The molecule has 2 rings (SSSR count). The molecule has 7 heteroatoms. The summed E-state index contributed by atoms with van der Waals surface area (Å²) < 4.78 is 26.4. The highest BCUT2D eigenvalue weighted by Crippen LogP contribution is 2.22. The van der Waals surface area contributed by atoms with Crippen molar-refractivity contribution in [3.8, 4) is 0 Å². The molecule has 2 N–H and O–H groups in total. The first-order valence-corrected chi connectivity index (χ1v) is 7.74. The van der Waals surface area contributed by atoms with Gasteiger partial charge < -0.3 is 5.11 Å². The van der Waals surface area contributed by atoms with Gasteiger partial charge in [-0.1, -0.05) is 12.1 Å². The van der Waals surface area contributed by atoms with E-state index in [1.807, 2.05) is 0 Å². The van der Waals surface area contributed by atoms with E-state index in [4.69, 9.17) is 5.11 Å². The van der Waals surface area contributed by atoms with Gasteiger partial charge in [0.1, 0.15) is 0 Å². The van der Waals surface area contributed by atoms with Crippen LogP contribution in [0.4, 0.5) is 0 Å². The Bertz CT molecular complexity index is 617. The molecule has 108 valence electrons. The zero-order valence-corrected chi connectivity index (χ0v) is 11.5. The highest BCUT2D eigenvalue weighted by atomic mass is 32.2. The predicted octanol–water partition coefficient (Wildman–Crippen LogP) is 1.17. The van der Waals surface area contributed by atoms with Crippen LogP contribution in [-0.4, -0.2) is 31.3 Å². The molecule has 0 spiro atoms. The third-order valence-corrected chi connectivity index (χ3v) is 4.49. The summed E-state index contributed by atoms with van der Waals surface area (Å²) in [6.07, 6.45) is 1.37. The van der Waals surface area contributed by atoms with Gasteiger partial charge in [-0.25, -0.2) is 13.1 Å². The highest BCUT2D eigenvalue weighted by molar-refractivity contribution is 7.89. The molecule has 6 nitrogen and oxygen atoms in total. The Morgan fingerprint density at radius 1 is 1.15 bits per heavy atom. The molecule has 20 heavy (non-hydrogen) atoms. The lowest BCUT2D eigenvalue weighted by Crippen LogP contribution is -2.25. The van der Waals surface area contributed by atoms with Crippen molar-refractivity contribution in [2.45, 2.75) is 36.6 Å². The van der Waals surface area contributed by atoms with Gasteiger partial charge in [-0.2, -0.15) is 0 Å². The number of nitrogens with one attached hydrogen (secondary N) is 1. The fourth-order valence-corrected chi connectivity index (χ4v) is 2.98. The van der Waals surface area contributed by atoms with Crippen molar-refractivity contribution in [1.29, 1.82) is 0 Å². The van der Waals surface area contributed by atoms with Crippen molar-refractivity contribution < 1.29 is 23.1 Å². The number of carbonyl (C=O) groups excluding carboxylic acids is 1. The molecular formula is C13H15NO5S. The largest absolute Gasteiger partial charge is 0.481 e. The van der Waals surface area contributed by atoms with Crippen LogP contribution in [0, 0.1) is 0 Å². The van der Waals surface area contributed by atoms with Crippen LogP contribution in [0.1, 0.15) is 36.0 Å². The molecule has 1 aromatic carbocycles.